The standard InChI is InChI=1S/C18H33N3O4.C15H29N3O4.C4H8S/c1-13(2)21-10-8-9-14(12-21)11-15(16(22)20(6)24-7)19-17(23)25-18(3,4)5;1-15(2,3)22-14(20)17-12(13(19)18(4)21-5)9-11-7-6-8-16-10-11;1-4(2)5-3/h14-15H,1,8-12H2,2-7H3,(H,19,23);11-12,16H,6-10H2,1-5H3,(H,17,20);1H2,2-3H3/t14?,15-;11?,12-;/m00./s1. The van der Waals surface area contributed by atoms with E-state index in [2.05, 4.69) is 34.0 Å². The Balaban J connectivity index is 0.000000890. The molecular weight excluding hydrogens is 689 g/mol. The number of piperidine rings is 2. The van der Waals surface area contributed by atoms with Gasteiger partial charge in [-0.2, -0.15) is 0 Å². The summed E-state index contributed by atoms with van der Waals surface area (Å²) in [5, 5.41) is 11.0. The summed E-state index contributed by atoms with van der Waals surface area (Å²) in [6.45, 7) is 26.0. The zero-order valence-corrected chi connectivity index (χ0v) is 35.1. The van der Waals surface area contributed by atoms with Gasteiger partial charge >= 0.3 is 12.2 Å². The van der Waals surface area contributed by atoms with Crippen LogP contribution in [-0.2, 0) is 28.7 Å². The van der Waals surface area contributed by atoms with Crippen molar-refractivity contribution in [2.45, 2.75) is 117 Å². The fraction of sp³-hybridized carbons (Fsp3) is 0.784. The number of nitrogens with one attached hydrogen (secondary N) is 3. The zero-order valence-electron chi connectivity index (χ0n) is 34.3. The number of hydrogen-bond acceptors (Lipinski definition) is 11. The number of hydroxylamine groups is 4. The Bertz CT molecular complexity index is 1140. The maximum atomic E-state index is 12.6. The van der Waals surface area contributed by atoms with Crippen molar-refractivity contribution in [3.05, 3.63) is 23.8 Å². The SMILES string of the molecule is C=C(C)N1CCCC(C[C@H](NC(=O)OC(C)(C)C)C(=O)N(C)OC)C1.C=C(C)SC.CON(C)C(=O)[C@H](CC1CCCNC1)NC(=O)OC(C)(C)C. The average molecular weight is 759 g/mol. The van der Waals surface area contributed by atoms with Crippen LogP contribution in [-0.4, -0.2) is 123 Å². The van der Waals surface area contributed by atoms with E-state index >= 15 is 0 Å². The molecule has 0 aromatic heterocycles. The van der Waals surface area contributed by atoms with Gasteiger partial charge in [0.2, 0.25) is 0 Å². The lowest BCUT2D eigenvalue weighted by Crippen LogP contribution is -2.50. The number of thioether (sulfide) groups is 1. The molecule has 2 unspecified atom stereocenters. The second kappa shape index (κ2) is 24.3. The number of amides is 4. The quantitative estimate of drug-likeness (QED) is 0.210. The molecule has 0 bridgehead atoms. The first-order chi connectivity index (χ1) is 24.0. The first-order valence-electron chi connectivity index (χ1n) is 18.0. The predicted octanol–water partition coefficient (Wildman–Crippen LogP) is 5.71. The fourth-order valence-electron chi connectivity index (χ4n) is 5.36. The van der Waals surface area contributed by atoms with Crippen LogP contribution < -0.4 is 16.0 Å². The maximum Gasteiger partial charge on any atom is 0.408 e. The van der Waals surface area contributed by atoms with Crippen molar-refractivity contribution in [2.75, 3.05) is 60.7 Å². The van der Waals surface area contributed by atoms with E-state index in [1.165, 1.54) is 33.2 Å². The molecule has 3 N–H and O–H groups in total. The summed E-state index contributed by atoms with van der Waals surface area (Å²) in [6, 6.07) is -1.33. The van der Waals surface area contributed by atoms with Crippen LogP contribution in [0.2, 0.25) is 0 Å². The smallest absolute Gasteiger partial charge is 0.408 e. The zero-order chi connectivity index (χ0) is 40.2. The van der Waals surface area contributed by atoms with Crippen molar-refractivity contribution < 1.29 is 38.3 Å². The van der Waals surface area contributed by atoms with Gasteiger partial charge in [0.25, 0.3) is 11.8 Å². The fourth-order valence-corrected chi connectivity index (χ4v) is 5.36. The van der Waals surface area contributed by atoms with Crippen LogP contribution in [0.5, 0.6) is 0 Å². The van der Waals surface area contributed by atoms with Crippen molar-refractivity contribution in [3.63, 3.8) is 0 Å². The van der Waals surface area contributed by atoms with E-state index in [1.807, 2.05) is 20.1 Å². The van der Waals surface area contributed by atoms with E-state index < -0.39 is 35.5 Å². The number of likely N-dealkylation sites (N-methyl/N-ethyl adjacent to an activating group) is 2. The predicted molar refractivity (Wildman–Crippen MR) is 208 cm³/mol. The molecule has 302 valence electrons. The van der Waals surface area contributed by atoms with Crippen LogP contribution in [0, 0.1) is 11.8 Å². The maximum absolute atomic E-state index is 12.6. The number of carbonyl (C=O) groups is 4. The summed E-state index contributed by atoms with van der Waals surface area (Å²) in [6.07, 6.45) is 6.13. The van der Waals surface area contributed by atoms with Gasteiger partial charge in [-0.1, -0.05) is 13.2 Å². The normalized spacial score (nSPS) is 18.4. The molecule has 4 atom stereocenters. The number of nitrogens with zero attached hydrogens (tertiary/aromatic N) is 3. The summed E-state index contributed by atoms with van der Waals surface area (Å²) < 4.78 is 10.5. The minimum absolute atomic E-state index is 0.279. The van der Waals surface area contributed by atoms with E-state index in [-0.39, 0.29) is 11.8 Å². The highest BCUT2D eigenvalue weighted by atomic mass is 32.2. The van der Waals surface area contributed by atoms with Crippen LogP contribution >= 0.6 is 11.8 Å². The van der Waals surface area contributed by atoms with Gasteiger partial charge in [-0.25, -0.2) is 19.7 Å². The van der Waals surface area contributed by atoms with E-state index in [1.54, 1.807) is 53.3 Å². The van der Waals surface area contributed by atoms with Crippen LogP contribution in [0.3, 0.4) is 0 Å². The Labute approximate surface area is 318 Å². The van der Waals surface area contributed by atoms with Crippen LogP contribution in [0.25, 0.3) is 0 Å². The minimum atomic E-state index is -0.685. The van der Waals surface area contributed by atoms with Gasteiger partial charge in [-0.05, 0) is 130 Å². The summed E-state index contributed by atoms with van der Waals surface area (Å²) in [7, 11) is 5.91. The lowest BCUT2D eigenvalue weighted by molar-refractivity contribution is -0.171. The van der Waals surface area contributed by atoms with Crippen LogP contribution in [0.1, 0.15) is 93.9 Å². The lowest BCUT2D eigenvalue weighted by atomic mass is 9.90. The van der Waals surface area contributed by atoms with Crippen LogP contribution in [0.15, 0.2) is 23.8 Å². The summed E-state index contributed by atoms with van der Waals surface area (Å²) in [5.74, 6) is 0.0715. The Morgan fingerprint density at radius 1 is 0.827 bits per heavy atom. The molecule has 0 aromatic carbocycles. The molecule has 52 heavy (non-hydrogen) atoms. The van der Waals surface area contributed by atoms with Gasteiger partial charge in [0.1, 0.15) is 23.3 Å². The van der Waals surface area contributed by atoms with Gasteiger partial charge in [0, 0.05) is 32.9 Å². The molecule has 0 aromatic rings. The van der Waals surface area contributed by atoms with Crippen molar-refractivity contribution in [3.8, 4) is 0 Å². The number of carbonyl (C=O) groups excluding carboxylic acids is 4. The highest BCUT2D eigenvalue weighted by molar-refractivity contribution is 8.02. The molecule has 2 fully saturated rings. The molecule has 2 saturated heterocycles. The first kappa shape index (κ1) is 49.0. The summed E-state index contributed by atoms with van der Waals surface area (Å²) in [4.78, 5) is 62.3. The monoisotopic (exact) mass is 758 g/mol. The van der Waals surface area contributed by atoms with Gasteiger partial charge in [-0.15, -0.1) is 11.8 Å². The Morgan fingerprint density at radius 3 is 1.60 bits per heavy atom. The topological polar surface area (TPSA) is 151 Å². The Morgan fingerprint density at radius 2 is 1.25 bits per heavy atom. The number of likely N-dealkylation sites (tertiary alicyclic amines) is 1. The molecule has 0 saturated carbocycles. The van der Waals surface area contributed by atoms with Gasteiger partial charge < -0.3 is 30.3 Å². The van der Waals surface area contributed by atoms with Gasteiger partial charge in [-0.3, -0.25) is 19.3 Å². The Hall–Kier alpha value is -3.01. The van der Waals surface area contributed by atoms with Gasteiger partial charge in [0.05, 0.1) is 14.2 Å². The third kappa shape index (κ3) is 22.1. The Kier molecular flexibility index (Phi) is 22.9. The van der Waals surface area contributed by atoms with Crippen LogP contribution in [0.4, 0.5) is 9.59 Å². The number of allylic oxidation sites excluding steroid dienone is 2. The third-order valence-electron chi connectivity index (χ3n) is 8.09. The number of alkyl carbamates (subject to hydrolysis) is 2. The minimum Gasteiger partial charge on any atom is -0.444 e. The molecule has 2 aliphatic rings. The number of ether oxygens (including phenoxy) is 2. The summed E-state index contributed by atoms with van der Waals surface area (Å²) >= 11 is 1.69. The largest absolute Gasteiger partial charge is 0.444 e. The molecule has 2 heterocycles. The molecule has 4 amide bonds. The van der Waals surface area contributed by atoms with E-state index in [4.69, 9.17) is 19.1 Å². The molecular formula is C37H70N6O8S. The molecule has 15 heteroatoms. The second-order valence-electron chi connectivity index (χ2n) is 15.2. The van der Waals surface area contributed by atoms with E-state index in [9.17, 15) is 19.2 Å². The molecule has 14 nitrogen and oxygen atoms in total. The summed E-state index contributed by atoms with van der Waals surface area (Å²) in [5.41, 5.74) is -0.189. The third-order valence-corrected chi connectivity index (χ3v) is 8.79. The lowest BCUT2D eigenvalue weighted by Gasteiger charge is -2.36. The van der Waals surface area contributed by atoms with Gasteiger partial charge in [0.15, 0.2) is 0 Å². The van der Waals surface area contributed by atoms with Crippen molar-refractivity contribution >= 4 is 35.8 Å². The molecule has 0 aliphatic carbocycles. The van der Waals surface area contributed by atoms with E-state index in [0.717, 1.165) is 67.7 Å². The molecule has 2 rings (SSSR count). The molecule has 0 radical (unpaired) electrons. The second-order valence-corrected chi connectivity index (χ2v) is 16.3. The first-order valence-corrected chi connectivity index (χ1v) is 19.2. The number of hydrogen-bond donors (Lipinski definition) is 3. The van der Waals surface area contributed by atoms with E-state index in [0.29, 0.717) is 24.7 Å². The van der Waals surface area contributed by atoms with Crippen molar-refractivity contribution in [1.82, 2.24) is 31.0 Å². The number of rotatable bonds is 12. The average Bonchev–Trinajstić information content (AvgIpc) is 3.05. The van der Waals surface area contributed by atoms with Crippen molar-refractivity contribution in [2.24, 2.45) is 11.8 Å². The highest BCUT2D eigenvalue weighted by Gasteiger charge is 2.32. The highest BCUT2D eigenvalue weighted by Crippen LogP contribution is 2.24. The van der Waals surface area contributed by atoms with Crippen molar-refractivity contribution in [1.29, 1.82) is 0 Å². The molecule has 0 spiro atoms. The molecule has 2 aliphatic heterocycles.